The van der Waals surface area contributed by atoms with E-state index in [1.807, 2.05) is 6.07 Å². The molecule has 5 nitrogen and oxygen atoms in total. The maximum atomic E-state index is 13.6. The van der Waals surface area contributed by atoms with E-state index in [0.717, 1.165) is 30.8 Å². The van der Waals surface area contributed by atoms with Gasteiger partial charge >= 0.3 is 0 Å². The Morgan fingerprint density at radius 3 is 2.16 bits per heavy atom. The lowest BCUT2D eigenvalue weighted by Crippen LogP contribution is -2.24. The number of benzene rings is 2. The molecule has 1 aliphatic carbocycles. The second kappa shape index (κ2) is 8.02. The Labute approximate surface area is 192 Å². The molecule has 5 heteroatoms. The molecule has 0 unspecified atom stereocenters. The highest BCUT2D eigenvalue weighted by Crippen LogP contribution is 2.55. The van der Waals surface area contributed by atoms with E-state index in [-0.39, 0.29) is 16.7 Å². The summed E-state index contributed by atoms with van der Waals surface area (Å²) in [6.07, 6.45) is 3.47. The Hall–Kier alpha value is -2.69. The SMILES string of the molecule is COc1cccc(OC)c1C(=O)Nc1c(C)c(N2CCCC2)cc2c1C(C)(C)CC2(C)C. The highest BCUT2D eigenvalue weighted by Gasteiger charge is 2.45. The van der Waals surface area contributed by atoms with Gasteiger partial charge in [-0.15, -0.1) is 0 Å². The first-order valence-corrected chi connectivity index (χ1v) is 11.6. The number of ether oxygens (including phenoxy) is 2. The number of nitrogens with one attached hydrogen (secondary N) is 1. The fourth-order valence-electron chi connectivity index (χ4n) is 5.99. The average Bonchev–Trinajstić information content (AvgIpc) is 3.33. The molecule has 1 aliphatic heterocycles. The normalized spacial score (nSPS) is 18.4. The fourth-order valence-corrected chi connectivity index (χ4v) is 5.99. The first-order chi connectivity index (χ1) is 15.1. The van der Waals surface area contributed by atoms with Crippen LogP contribution in [-0.4, -0.2) is 33.2 Å². The molecule has 2 aliphatic rings. The van der Waals surface area contributed by atoms with Gasteiger partial charge in [-0.1, -0.05) is 33.8 Å². The molecule has 0 atom stereocenters. The van der Waals surface area contributed by atoms with Crippen molar-refractivity contribution in [3.63, 3.8) is 0 Å². The Balaban J connectivity index is 1.89. The molecule has 1 saturated heterocycles. The second-order valence-corrected chi connectivity index (χ2v) is 10.4. The van der Waals surface area contributed by atoms with E-state index in [2.05, 4.69) is 50.9 Å². The van der Waals surface area contributed by atoms with Crippen LogP contribution in [0.5, 0.6) is 11.5 Å². The summed E-state index contributed by atoms with van der Waals surface area (Å²) in [5, 5.41) is 3.31. The Morgan fingerprint density at radius 1 is 1.00 bits per heavy atom. The molecule has 0 aromatic heterocycles. The van der Waals surface area contributed by atoms with Gasteiger partial charge in [-0.25, -0.2) is 0 Å². The zero-order valence-electron chi connectivity index (χ0n) is 20.5. The third-order valence-corrected chi connectivity index (χ3v) is 7.19. The number of anilines is 2. The molecule has 1 heterocycles. The van der Waals surface area contributed by atoms with Crippen molar-refractivity contribution in [2.45, 2.75) is 64.7 Å². The van der Waals surface area contributed by atoms with Crippen molar-refractivity contribution in [1.29, 1.82) is 0 Å². The third kappa shape index (κ3) is 3.62. The monoisotopic (exact) mass is 436 g/mol. The van der Waals surface area contributed by atoms with Gasteiger partial charge < -0.3 is 19.7 Å². The molecule has 0 saturated carbocycles. The quantitative estimate of drug-likeness (QED) is 0.641. The number of nitrogens with zero attached hydrogens (tertiary/aromatic N) is 1. The summed E-state index contributed by atoms with van der Waals surface area (Å²) in [7, 11) is 3.16. The molecule has 0 bridgehead atoms. The van der Waals surface area contributed by atoms with Crippen LogP contribution in [0.2, 0.25) is 0 Å². The minimum absolute atomic E-state index is 0.0411. The lowest BCUT2D eigenvalue weighted by atomic mass is 9.81. The van der Waals surface area contributed by atoms with Crippen molar-refractivity contribution in [3.8, 4) is 11.5 Å². The molecule has 1 N–H and O–H groups in total. The number of fused-ring (bicyclic) bond motifs is 1. The van der Waals surface area contributed by atoms with E-state index in [1.54, 1.807) is 26.4 Å². The van der Waals surface area contributed by atoms with Gasteiger partial charge in [0.1, 0.15) is 17.1 Å². The summed E-state index contributed by atoms with van der Waals surface area (Å²) in [6, 6.07) is 7.81. The van der Waals surface area contributed by atoms with Crippen LogP contribution < -0.4 is 19.7 Å². The van der Waals surface area contributed by atoms with Crippen LogP contribution in [0.25, 0.3) is 0 Å². The minimum Gasteiger partial charge on any atom is -0.496 e. The van der Waals surface area contributed by atoms with Gasteiger partial charge in [-0.05, 0) is 71.9 Å². The zero-order valence-corrected chi connectivity index (χ0v) is 20.5. The molecular weight excluding hydrogens is 400 g/mol. The Kier molecular flexibility index (Phi) is 5.64. The number of rotatable bonds is 5. The van der Waals surface area contributed by atoms with Crippen molar-refractivity contribution < 1.29 is 14.3 Å². The minimum atomic E-state index is -0.205. The van der Waals surface area contributed by atoms with Crippen LogP contribution in [0.15, 0.2) is 24.3 Å². The van der Waals surface area contributed by atoms with Gasteiger partial charge in [0, 0.05) is 18.8 Å². The van der Waals surface area contributed by atoms with Crippen LogP contribution in [-0.2, 0) is 10.8 Å². The molecule has 0 radical (unpaired) electrons. The molecule has 1 amide bonds. The van der Waals surface area contributed by atoms with Crippen LogP contribution in [0.1, 0.15) is 74.0 Å². The first-order valence-electron chi connectivity index (χ1n) is 11.6. The van der Waals surface area contributed by atoms with Crippen molar-refractivity contribution in [2.24, 2.45) is 0 Å². The average molecular weight is 437 g/mol. The van der Waals surface area contributed by atoms with E-state index in [1.165, 1.54) is 29.7 Å². The largest absolute Gasteiger partial charge is 0.496 e. The number of amides is 1. The second-order valence-electron chi connectivity index (χ2n) is 10.4. The van der Waals surface area contributed by atoms with Crippen molar-refractivity contribution in [3.05, 3.63) is 46.5 Å². The molecular formula is C27H36N2O3. The van der Waals surface area contributed by atoms with Crippen molar-refractivity contribution in [2.75, 3.05) is 37.5 Å². The van der Waals surface area contributed by atoms with Gasteiger partial charge in [0.25, 0.3) is 5.91 Å². The lowest BCUT2D eigenvalue weighted by molar-refractivity contribution is 0.102. The van der Waals surface area contributed by atoms with Gasteiger partial charge in [-0.2, -0.15) is 0 Å². The van der Waals surface area contributed by atoms with E-state index < -0.39 is 0 Å². The summed E-state index contributed by atoms with van der Waals surface area (Å²) in [6.45, 7) is 13.5. The summed E-state index contributed by atoms with van der Waals surface area (Å²) in [4.78, 5) is 16.1. The predicted molar refractivity (Wildman–Crippen MR) is 131 cm³/mol. The molecule has 2 aromatic rings. The summed E-state index contributed by atoms with van der Waals surface area (Å²) >= 11 is 0. The van der Waals surface area contributed by atoms with Crippen molar-refractivity contribution in [1.82, 2.24) is 0 Å². The van der Waals surface area contributed by atoms with E-state index in [4.69, 9.17) is 9.47 Å². The summed E-state index contributed by atoms with van der Waals surface area (Å²) < 4.78 is 11.0. The molecule has 32 heavy (non-hydrogen) atoms. The van der Waals surface area contributed by atoms with Gasteiger partial charge in [-0.3, -0.25) is 4.79 Å². The van der Waals surface area contributed by atoms with Crippen LogP contribution >= 0.6 is 0 Å². The first kappa shape index (κ1) is 22.5. The lowest BCUT2D eigenvalue weighted by Gasteiger charge is -2.29. The van der Waals surface area contributed by atoms with Gasteiger partial charge in [0.15, 0.2) is 0 Å². The zero-order chi connectivity index (χ0) is 23.3. The Morgan fingerprint density at radius 2 is 1.59 bits per heavy atom. The molecule has 172 valence electrons. The third-order valence-electron chi connectivity index (χ3n) is 7.19. The molecule has 2 aromatic carbocycles. The Bertz CT molecular complexity index is 1030. The number of methoxy groups -OCH3 is 2. The number of hydrogen-bond donors (Lipinski definition) is 1. The van der Waals surface area contributed by atoms with Crippen LogP contribution in [0, 0.1) is 6.92 Å². The highest BCUT2D eigenvalue weighted by atomic mass is 16.5. The number of hydrogen-bond acceptors (Lipinski definition) is 4. The standard InChI is InChI=1S/C27H36N2O3/c1-17-19(29-13-8-9-14-29)15-18-23(27(4,5)16-26(18,2)3)24(17)28-25(30)22-20(31-6)11-10-12-21(22)32-7/h10-12,15H,8-9,13-14,16H2,1-7H3,(H,28,30). The van der Waals surface area contributed by atoms with E-state index >= 15 is 0 Å². The maximum Gasteiger partial charge on any atom is 0.263 e. The van der Waals surface area contributed by atoms with E-state index in [9.17, 15) is 4.79 Å². The maximum absolute atomic E-state index is 13.6. The highest BCUT2D eigenvalue weighted by molar-refractivity contribution is 6.09. The fraction of sp³-hybridized carbons (Fsp3) is 0.519. The molecule has 1 fully saturated rings. The van der Waals surface area contributed by atoms with E-state index in [0.29, 0.717) is 17.1 Å². The van der Waals surface area contributed by atoms with Crippen LogP contribution in [0.4, 0.5) is 11.4 Å². The summed E-state index contributed by atoms with van der Waals surface area (Å²) in [5.74, 6) is 0.807. The number of carbonyl (C=O) groups is 1. The van der Waals surface area contributed by atoms with Gasteiger partial charge in [0.2, 0.25) is 0 Å². The topological polar surface area (TPSA) is 50.8 Å². The van der Waals surface area contributed by atoms with Crippen molar-refractivity contribution >= 4 is 17.3 Å². The van der Waals surface area contributed by atoms with Crippen LogP contribution in [0.3, 0.4) is 0 Å². The smallest absolute Gasteiger partial charge is 0.263 e. The van der Waals surface area contributed by atoms with Gasteiger partial charge in [0.05, 0.1) is 19.9 Å². The summed E-state index contributed by atoms with van der Waals surface area (Å²) in [5.41, 5.74) is 6.35. The predicted octanol–water partition coefficient (Wildman–Crippen LogP) is 5.82. The molecule has 4 rings (SSSR count). The number of carbonyl (C=O) groups excluding carboxylic acids is 1. The molecule has 0 spiro atoms.